The quantitative estimate of drug-likeness (QED) is 0.856. The molecule has 2 rings (SSSR count). The van der Waals surface area contributed by atoms with E-state index in [1.54, 1.807) is 11.9 Å². The fourth-order valence-electron chi connectivity index (χ4n) is 2.75. The van der Waals surface area contributed by atoms with Gasteiger partial charge in [-0.15, -0.1) is 0 Å². The van der Waals surface area contributed by atoms with Crippen LogP contribution in [0.2, 0.25) is 0 Å². The molecule has 1 aliphatic carbocycles. The maximum Gasteiger partial charge on any atom is 0.317 e. The van der Waals surface area contributed by atoms with Gasteiger partial charge in [0.05, 0.1) is 5.92 Å². The topological polar surface area (TPSA) is 69.6 Å². The summed E-state index contributed by atoms with van der Waals surface area (Å²) in [7, 11) is 1.76. The molecule has 1 aliphatic rings. The van der Waals surface area contributed by atoms with Crippen LogP contribution in [0.1, 0.15) is 31.2 Å². The van der Waals surface area contributed by atoms with E-state index in [9.17, 15) is 9.59 Å². The number of carboxylic acids is 1. The standard InChI is InChI=1S/C16H21BrN2O3/c1-19(10-11-3-2-4-13(17)9-11)16(22)18-14-7-5-12(6-8-14)15(20)21/h2-4,9,12,14H,5-8,10H2,1H3,(H,18,22)(H,20,21). The predicted molar refractivity (Wildman–Crippen MR) is 87.5 cm³/mol. The zero-order valence-corrected chi connectivity index (χ0v) is 14.2. The fourth-order valence-corrected chi connectivity index (χ4v) is 3.20. The van der Waals surface area contributed by atoms with Gasteiger partial charge in [-0.3, -0.25) is 4.79 Å². The van der Waals surface area contributed by atoms with Crippen LogP contribution in [0.15, 0.2) is 28.7 Å². The van der Waals surface area contributed by atoms with Gasteiger partial charge < -0.3 is 15.3 Å². The van der Waals surface area contributed by atoms with Gasteiger partial charge in [-0.25, -0.2) is 4.79 Å². The molecule has 1 fully saturated rings. The molecule has 0 atom stereocenters. The fraction of sp³-hybridized carbons (Fsp3) is 0.500. The van der Waals surface area contributed by atoms with E-state index in [2.05, 4.69) is 21.2 Å². The second-order valence-electron chi connectivity index (χ2n) is 5.82. The first-order valence-corrected chi connectivity index (χ1v) is 8.24. The normalized spacial score (nSPS) is 21.2. The van der Waals surface area contributed by atoms with Crippen LogP contribution in [0.4, 0.5) is 4.79 Å². The minimum atomic E-state index is -0.725. The summed E-state index contributed by atoms with van der Waals surface area (Å²) in [5.74, 6) is -0.982. The molecule has 1 aromatic rings. The molecule has 0 unspecified atom stereocenters. The second kappa shape index (κ2) is 7.63. The monoisotopic (exact) mass is 368 g/mol. The van der Waals surface area contributed by atoms with Crippen molar-refractivity contribution in [3.05, 3.63) is 34.3 Å². The number of amides is 2. The van der Waals surface area contributed by atoms with Crippen molar-refractivity contribution in [1.29, 1.82) is 0 Å². The van der Waals surface area contributed by atoms with Gasteiger partial charge in [0.15, 0.2) is 0 Å². The Morgan fingerprint density at radius 3 is 2.59 bits per heavy atom. The number of rotatable bonds is 4. The molecule has 0 saturated heterocycles. The molecule has 1 saturated carbocycles. The summed E-state index contributed by atoms with van der Waals surface area (Å²) in [6, 6.07) is 7.82. The van der Waals surface area contributed by atoms with E-state index >= 15 is 0 Å². The maximum atomic E-state index is 12.2. The second-order valence-corrected chi connectivity index (χ2v) is 6.74. The van der Waals surface area contributed by atoms with E-state index in [0.717, 1.165) is 22.9 Å². The summed E-state index contributed by atoms with van der Waals surface area (Å²) >= 11 is 3.42. The van der Waals surface area contributed by atoms with E-state index < -0.39 is 5.97 Å². The highest BCUT2D eigenvalue weighted by Gasteiger charge is 2.27. The van der Waals surface area contributed by atoms with Crippen molar-refractivity contribution in [2.24, 2.45) is 5.92 Å². The van der Waals surface area contributed by atoms with Crippen molar-refractivity contribution in [3.63, 3.8) is 0 Å². The zero-order valence-electron chi connectivity index (χ0n) is 12.6. The molecule has 2 N–H and O–H groups in total. The Hall–Kier alpha value is -1.56. The lowest BCUT2D eigenvalue weighted by Gasteiger charge is -2.28. The van der Waals surface area contributed by atoms with Crippen molar-refractivity contribution in [3.8, 4) is 0 Å². The SMILES string of the molecule is CN(Cc1cccc(Br)c1)C(=O)NC1CCC(C(=O)O)CC1. The number of hydrogen-bond acceptors (Lipinski definition) is 2. The molecule has 120 valence electrons. The van der Waals surface area contributed by atoms with Crippen LogP contribution in [-0.4, -0.2) is 35.1 Å². The summed E-state index contributed by atoms with van der Waals surface area (Å²) in [6.07, 6.45) is 2.73. The predicted octanol–water partition coefficient (Wildman–Crippen LogP) is 3.23. The largest absolute Gasteiger partial charge is 0.481 e. The Balaban J connectivity index is 1.81. The smallest absolute Gasteiger partial charge is 0.317 e. The third-order valence-electron chi connectivity index (χ3n) is 4.06. The Labute approximate surface area is 138 Å². The molecule has 1 aromatic carbocycles. The first-order chi connectivity index (χ1) is 10.5. The summed E-state index contributed by atoms with van der Waals surface area (Å²) < 4.78 is 0.991. The van der Waals surface area contributed by atoms with E-state index in [4.69, 9.17) is 5.11 Å². The Morgan fingerprint density at radius 1 is 1.32 bits per heavy atom. The highest BCUT2D eigenvalue weighted by molar-refractivity contribution is 9.10. The van der Waals surface area contributed by atoms with Crippen molar-refractivity contribution in [2.75, 3.05) is 7.05 Å². The number of carbonyl (C=O) groups is 2. The Bertz CT molecular complexity index is 542. The average Bonchev–Trinajstić information content (AvgIpc) is 2.47. The van der Waals surface area contributed by atoms with Gasteiger partial charge in [0.25, 0.3) is 0 Å². The third kappa shape index (κ3) is 4.73. The molecule has 0 bridgehead atoms. The minimum absolute atomic E-state index is 0.0769. The lowest BCUT2D eigenvalue weighted by molar-refractivity contribution is -0.142. The van der Waals surface area contributed by atoms with Gasteiger partial charge in [0.2, 0.25) is 0 Å². The lowest BCUT2D eigenvalue weighted by atomic mass is 9.86. The number of hydrogen-bond donors (Lipinski definition) is 2. The number of aliphatic carboxylic acids is 1. The van der Waals surface area contributed by atoms with Crippen molar-refractivity contribution in [1.82, 2.24) is 10.2 Å². The summed E-state index contributed by atoms with van der Waals surface area (Å²) in [5.41, 5.74) is 1.06. The van der Waals surface area contributed by atoms with Crippen molar-refractivity contribution < 1.29 is 14.7 Å². The van der Waals surface area contributed by atoms with Crippen LogP contribution >= 0.6 is 15.9 Å². The Kier molecular flexibility index (Phi) is 5.83. The third-order valence-corrected chi connectivity index (χ3v) is 4.55. The van der Waals surface area contributed by atoms with E-state index in [1.807, 2.05) is 24.3 Å². The van der Waals surface area contributed by atoms with Gasteiger partial charge in [-0.05, 0) is 43.4 Å². The number of urea groups is 1. The van der Waals surface area contributed by atoms with Crippen LogP contribution in [0.25, 0.3) is 0 Å². The molecule has 0 spiro atoms. The number of nitrogens with one attached hydrogen (secondary N) is 1. The number of nitrogens with zero attached hydrogens (tertiary/aromatic N) is 1. The highest BCUT2D eigenvalue weighted by Crippen LogP contribution is 2.24. The molecule has 2 amide bonds. The maximum absolute atomic E-state index is 12.2. The van der Waals surface area contributed by atoms with E-state index in [0.29, 0.717) is 19.4 Å². The summed E-state index contributed by atoms with van der Waals surface area (Å²) in [5, 5.41) is 12.0. The van der Waals surface area contributed by atoms with Crippen LogP contribution in [0, 0.1) is 5.92 Å². The number of benzene rings is 1. The number of halogens is 1. The molecular formula is C16H21BrN2O3. The van der Waals surface area contributed by atoms with Crippen LogP contribution < -0.4 is 5.32 Å². The molecule has 6 heteroatoms. The van der Waals surface area contributed by atoms with Gasteiger partial charge in [-0.2, -0.15) is 0 Å². The van der Waals surface area contributed by atoms with Gasteiger partial charge in [0.1, 0.15) is 0 Å². The molecule has 0 aliphatic heterocycles. The van der Waals surface area contributed by atoms with Gasteiger partial charge >= 0.3 is 12.0 Å². The van der Waals surface area contributed by atoms with Crippen LogP contribution in [0.5, 0.6) is 0 Å². The zero-order chi connectivity index (χ0) is 16.1. The summed E-state index contributed by atoms with van der Waals surface area (Å²) in [6.45, 7) is 0.537. The number of carboxylic acid groups (broad SMARTS) is 1. The van der Waals surface area contributed by atoms with E-state index in [1.165, 1.54) is 0 Å². The molecule has 5 nitrogen and oxygen atoms in total. The first-order valence-electron chi connectivity index (χ1n) is 7.44. The average molecular weight is 369 g/mol. The number of carbonyl (C=O) groups excluding carboxylic acids is 1. The summed E-state index contributed by atoms with van der Waals surface area (Å²) in [4.78, 5) is 24.8. The Morgan fingerprint density at radius 2 is 2.00 bits per heavy atom. The minimum Gasteiger partial charge on any atom is -0.481 e. The van der Waals surface area contributed by atoms with Gasteiger partial charge in [-0.1, -0.05) is 28.1 Å². The van der Waals surface area contributed by atoms with Crippen molar-refractivity contribution >= 4 is 27.9 Å². The molecule has 0 aromatic heterocycles. The van der Waals surface area contributed by atoms with Gasteiger partial charge in [0, 0.05) is 24.1 Å². The van der Waals surface area contributed by atoms with Crippen LogP contribution in [0.3, 0.4) is 0 Å². The van der Waals surface area contributed by atoms with Crippen molar-refractivity contribution in [2.45, 2.75) is 38.3 Å². The molecule has 0 heterocycles. The molecule has 22 heavy (non-hydrogen) atoms. The highest BCUT2D eigenvalue weighted by atomic mass is 79.9. The van der Waals surface area contributed by atoms with Crippen LogP contribution in [-0.2, 0) is 11.3 Å². The molecule has 0 radical (unpaired) electrons. The molecular weight excluding hydrogens is 348 g/mol. The lowest BCUT2D eigenvalue weighted by Crippen LogP contribution is -2.44. The van der Waals surface area contributed by atoms with E-state index in [-0.39, 0.29) is 18.0 Å². The first kappa shape index (κ1) is 16.8.